The van der Waals surface area contributed by atoms with E-state index in [0.717, 1.165) is 23.8 Å². The van der Waals surface area contributed by atoms with Crippen LogP contribution in [0.1, 0.15) is 18.5 Å². The van der Waals surface area contributed by atoms with Crippen molar-refractivity contribution in [1.29, 1.82) is 0 Å². The van der Waals surface area contributed by atoms with Gasteiger partial charge in [0.25, 0.3) is 0 Å². The first-order valence-corrected chi connectivity index (χ1v) is 8.87. The number of piperidine rings is 1. The molecule has 1 aliphatic rings. The highest BCUT2D eigenvalue weighted by Gasteiger charge is 2.16. The van der Waals surface area contributed by atoms with Crippen molar-refractivity contribution in [2.45, 2.75) is 19.4 Å². The second kappa shape index (κ2) is 8.67. The maximum absolute atomic E-state index is 5.57. The van der Waals surface area contributed by atoms with Crippen LogP contribution in [0.15, 0.2) is 46.0 Å². The number of nitrogens with one attached hydrogen (secondary N) is 2. The van der Waals surface area contributed by atoms with Crippen molar-refractivity contribution >= 4 is 5.96 Å². The van der Waals surface area contributed by atoms with Gasteiger partial charge in [0.05, 0.1) is 12.2 Å². The summed E-state index contributed by atoms with van der Waals surface area (Å²) in [6.07, 6.45) is 4.17. The van der Waals surface area contributed by atoms with Crippen molar-refractivity contribution < 1.29 is 4.42 Å². The van der Waals surface area contributed by atoms with Crippen LogP contribution in [0.3, 0.4) is 0 Å². The summed E-state index contributed by atoms with van der Waals surface area (Å²) in [6, 6.07) is 9.92. The van der Waals surface area contributed by atoms with Crippen LogP contribution in [-0.4, -0.2) is 49.6 Å². The highest BCUT2D eigenvalue weighted by molar-refractivity contribution is 5.79. The molecule has 1 saturated heterocycles. The Kier molecular flexibility index (Phi) is 6.06. The molecule has 134 valence electrons. The Bertz CT molecular complexity index is 674. The number of aliphatic imine (C=N–C) groups is 1. The van der Waals surface area contributed by atoms with E-state index in [0.29, 0.717) is 18.4 Å². The topological polar surface area (TPSA) is 65.7 Å². The van der Waals surface area contributed by atoms with Gasteiger partial charge in [-0.05, 0) is 51.0 Å². The van der Waals surface area contributed by atoms with Crippen molar-refractivity contribution in [3.05, 3.63) is 42.3 Å². The third kappa shape index (κ3) is 5.06. The molecule has 6 nitrogen and oxygen atoms in total. The maximum atomic E-state index is 5.57. The van der Waals surface area contributed by atoms with E-state index in [-0.39, 0.29) is 0 Å². The Balaban J connectivity index is 1.46. The number of oxazole rings is 1. The lowest BCUT2D eigenvalue weighted by Crippen LogP contribution is -2.42. The molecule has 6 heteroatoms. The molecule has 0 spiro atoms. The largest absolute Gasteiger partial charge is 0.444 e. The standard InChI is InChI=1S/C19H27N5O/c1-20-19(21-12-15-8-10-24(2)11-9-15)22-13-17-14-25-18(23-17)16-6-4-3-5-7-16/h3-7,14-15H,8-13H2,1-2H3,(H2,20,21,22). The Morgan fingerprint density at radius 3 is 2.72 bits per heavy atom. The summed E-state index contributed by atoms with van der Waals surface area (Å²) in [5.41, 5.74) is 1.85. The van der Waals surface area contributed by atoms with Gasteiger partial charge in [0.15, 0.2) is 5.96 Å². The smallest absolute Gasteiger partial charge is 0.226 e. The van der Waals surface area contributed by atoms with Crippen LogP contribution in [0.2, 0.25) is 0 Å². The van der Waals surface area contributed by atoms with Crippen molar-refractivity contribution in [1.82, 2.24) is 20.5 Å². The zero-order valence-electron chi connectivity index (χ0n) is 15.0. The molecule has 25 heavy (non-hydrogen) atoms. The molecule has 0 amide bonds. The van der Waals surface area contributed by atoms with Crippen LogP contribution in [0.4, 0.5) is 0 Å². The van der Waals surface area contributed by atoms with Crippen molar-refractivity contribution in [3.63, 3.8) is 0 Å². The fourth-order valence-corrected chi connectivity index (χ4v) is 3.00. The molecule has 1 aliphatic heterocycles. The number of benzene rings is 1. The molecule has 0 aliphatic carbocycles. The van der Waals surface area contributed by atoms with Crippen molar-refractivity contribution in [3.8, 4) is 11.5 Å². The molecule has 2 N–H and O–H groups in total. The molecular formula is C19H27N5O. The normalized spacial score (nSPS) is 16.8. The number of likely N-dealkylation sites (tertiary alicyclic amines) is 1. The minimum Gasteiger partial charge on any atom is -0.444 e. The predicted octanol–water partition coefficient (Wildman–Crippen LogP) is 2.35. The second-order valence-corrected chi connectivity index (χ2v) is 6.56. The summed E-state index contributed by atoms with van der Waals surface area (Å²) >= 11 is 0. The predicted molar refractivity (Wildman–Crippen MR) is 100 cm³/mol. The van der Waals surface area contributed by atoms with Gasteiger partial charge < -0.3 is 20.0 Å². The molecule has 0 radical (unpaired) electrons. The Morgan fingerprint density at radius 1 is 1.24 bits per heavy atom. The number of nitrogens with zero attached hydrogens (tertiary/aromatic N) is 3. The molecule has 0 bridgehead atoms. The highest BCUT2D eigenvalue weighted by Crippen LogP contribution is 2.18. The minimum absolute atomic E-state index is 0.587. The number of rotatable bonds is 5. The zero-order valence-corrected chi connectivity index (χ0v) is 15.0. The van der Waals surface area contributed by atoms with E-state index in [1.54, 1.807) is 13.3 Å². The van der Waals surface area contributed by atoms with Gasteiger partial charge in [-0.3, -0.25) is 4.99 Å². The van der Waals surface area contributed by atoms with Gasteiger partial charge in [-0.1, -0.05) is 18.2 Å². The Morgan fingerprint density at radius 2 is 2.00 bits per heavy atom. The quantitative estimate of drug-likeness (QED) is 0.645. The fraction of sp³-hybridized carbons (Fsp3) is 0.474. The third-order valence-electron chi connectivity index (χ3n) is 4.63. The summed E-state index contributed by atoms with van der Waals surface area (Å²) in [5.74, 6) is 2.17. The van der Waals surface area contributed by atoms with Gasteiger partial charge >= 0.3 is 0 Å². The lowest BCUT2D eigenvalue weighted by atomic mass is 9.97. The van der Waals surface area contributed by atoms with Crippen LogP contribution < -0.4 is 10.6 Å². The summed E-state index contributed by atoms with van der Waals surface area (Å²) in [6.45, 7) is 3.91. The van der Waals surface area contributed by atoms with E-state index < -0.39 is 0 Å². The van der Waals surface area contributed by atoms with Gasteiger partial charge in [-0.15, -0.1) is 0 Å². The first-order valence-electron chi connectivity index (χ1n) is 8.87. The third-order valence-corrected chi connectivity index (χ3v) is 4.63. The van der Waals surface area contributed by atoms with Gasteiger partial charge in [-0.25, -0.2) is 4.98 Å². The first kappa shape index (κ1) is 17.5. The molecule has 3 rings (SSSR count). The van der Waals surface area contributed by atoms with Crippen LogP contribution >= 0.6 is 0 Å². The van der Waals surface area contributed by atoms with E-state index in [4.69, 9.17) is 4.42 Å². The second-order valence-electron chi connectivity index (χ2n) is 6.56. The number of guanidine groups is 1. The molecule has 0 saturated carbocycles. The van der Waals surface area contributed by atoms with E-state index >= 15 is 0 Å². The Hall–Kier alpha value is -2.34. The minimum atomic E-state index is 0.587. The van der Waals surface area contributed by atoms with Crippen molar-refractivity contribution in [2.75, 3.05) is 33.7 Å². The van der Waals surface area contributed by atoms with Gasteiger partial charge in [0.2, 0.25) is 5.89 Å². The summed E-state index contributed by atoms with van der Waals surface area (Å²) in [7, 11) is 3.98. The van der Waals surface area contributed by atoms with Crippen LogP contribution in [-0.2, 0) is 6.54 Å². The SMILES string of the molecule is CN=C(NCc1coc(-c2ccccc2)n1)NCC1CCN(C)CC1. The molecule has 0 atom stereocenters. The maximum Gasteiger partial charge on any atom is 0.226 e. The van der Waals surface area contributed by atoms with Crippen LogP contribution in [0.5, 0.6) is 0 Å². The fourth-order valence-electron chi connectivity index (χ4n) is 3.00. The summed E-state index contributed by atoms with van der Waals surface area (Å²) < 4.78 is 5.57. The lowest BCUT2D eigenvalue weighted by molar-refractivity contribution is 0.220. The Labute approximate surface area is 149 Å². The van der Waals surface area contributed by atoms with Crippen molar-refractivity contribution in [2.24, 2.45) is 10.9 Å². The number of hydrogen-bond donors (Lipinski definition) is 2. The number of hydrogen-bond acceptors (Lipinski definition) is 4. The molecule has 2 heterocycles. The van der Waals surface area contributed by atoms with E-state index in [1.807, 2.05) is 30.3 Å². The molecule has 0 unspecified atom stereocenters. The molecule has 2 aromatic rings. The van der Waals surface area contributed by atoms with Crippen LogP contribution in [0, 0.1) is 5.92 Å². The number of aromatic nitrogens is 1. The van der Waals surface area contributed by atoms with E-state index in [9.17, 15) is 0 Å². The molecule has 1 fully saturated rings. The summed E-state index contributed by atoms with van der Waals surface area (Å²) in [5, 5.41) is 6.73. The highest BCUT2D eigenvalue weighted by atomic mass is 16.3. The van der Waals surface area contributed by atoms with E-state index in [2.05, 4.69) is 32.6 Å². The molecule has 1 aromatic heterocycles. The lowest BCUT2D eigenvalue weighted by Gasteiger charge is -2.29. The average molecular weight is 341 g/mol. The molecular weight excluding hydrogens is 314 g/mol. The first-order chi connectivity index (χ1) is 12.2. The van der Waals surface area contributed by atoms with Gasteiger partial charge in [0, 0.05) is 19.2 Å². The van der Waals surface area contributed by atoms with E-state index in [1.165, 1.54) is 25.9 Å². The average Bonchev–Trinajstić information content (AvgIpc) is 3.13. The molecule has 1 aromatic carbocycles. The van der Waals surface area contributed by atoms with Crippen LogP contribution in [0.25, 0.3) is 11.5 Å². The zero-order chi connectivity index (χ0) is 17.5. The van der Waals surface area contributed by atoms with Gasteiger partial charge in [0.1, 0.15) is 6.26 Å². The monoisotopic (exact) mass is 341 g/mol. The summed E-state index contributed by atoms with van der Waals surface area (Å²) in [4.78, 5) is 11.2. The van der Waals surface area contributed by atoms with Gasteiger partial charge in [-0.2, -0.15) is 0 Å².